The van der Waals surface area contributed by atoms with Crippen LogP contribution in [0.3, 0.4) is 0 Å². The number of nitrogens with zero attached hydrogens (tertiary/aromatic N) is 2. The van der Waals surface area contributed by atoms with E-state index >= 15 is 0 Å². The molecule has 0 spiro atoms. The zero-order valence-electron chi connectivity index (χ0n) is 14.3. The smallest absolute Gasteiger partial charge is 0.228 e. The Morgan fingerprint density at radius 3 is 3.00 bits per heavy atom. The third kappa shape index (κ3) is 3.50. The number of hydrogen-bond donors (Lipinski definition) is 1. The summed E-state index contributed by atoms with van der Waals surface area (Å²) >= 11 is 1.62. The fourth-order valence-electron chi connectivity index (χ4n) is 3.77. The molecule has 0 unspecified atom stereocenters. The normalized spacial score (nSPS) is 24.5. The number of aromatic nitrogens is 1. The van der Waals surface area contributed by atoms with Gasteiger partial charge in [-0.15, -0.1) is 11.3 Å². The number of likely N-dealkylation sites (tertiary alicyclic amines) is 1. The molecule has 1 N–H and O–H groups in total. The highest BCUT2D eigenvalue weighted by molar-refractivity contribution is 7.09. The molecule has 3 atom stereocenters. The lowest BCUT2D eigenvalue weighted by Crippen LogP contribution is -2.38. The molecule has 0 aromatic carbocycles. The number of carbonyl (C=O) groups is 2. The zero-order valence-corrected chi connectivity index (χ0v) is 15.2. The van der Waals surface area contributed by atoms with Gasteiger partial charge in [0, 0.05) is 29.9 Å². The lowest BCUT2D eigenvalue weighted by atomic mass is 10.0. The average Bonchev–Trinajstić information content (AvgIpc) is 3.38. The number of hydrogen-bond acceptors (Lipinski definition) is 5. The van der Waals surface area contributed by atoms with Gasteiger partial charge in [0.25, 0.3) is 0 Å². The maximum atomic E-state index is 12.8. The Hall–Kier alpha value is -2.25. The summed E-state index contributed by atoms with van der Waals surface area (Å²) in [4.78, 5) is 32.6. The molecule has 136 valence electrons. The van der Waals surface area contributed by atoms with Crippen molar-refractivity contribution in [2.45, 2.75) is 31.5 Å². The molecule has 26 heavy (non-hydrogen) atoms. The highest BCUT2D eigenvalue weighted by Crippen LogP contribution is 2.34. The number of rotatable bonds is 5. The number of ether oxygens (including phenoxy) is 1. The van der Waals surface area contributed by atoms with E-state index in [9.17, 15) is 9.59 Å². The third-order valence-electron chi connectivity index (χ3n) is 5.03. The minimum atomic E-state index is -0.310. The van der Waals surface area contributed by atoms with Gasteiger partial charge in [0.1, 0.15) is 0 Å². The van der Waals surface area contributed by atoms with Crippen LogP contribution in [-0.4, -0.2) is 47.0 Å². The van der Waals surface area contributed by atoms with Crippen LogP contribution in [0.15, 0.2) is 41.9 Å². The Bertz CT molecular complexity index is 766. The average molecular weight is 371 g/mol. The summed E-state index contributed by atoms with van der Waals surface area (Å²) in [5.41, 5.74) is 0.749. The molecule has 0 bridgehead atoms. The molecular formula is C19H21N3O3S. The number of nitrogens with one attached hydrogen (secondary N) is 1. The van der Waals surface area contributed by atoms with Crippen LogP contribution in [0.25, 0.3) is 0 Å². The van der Waals surface area contributed by atoms with Crippen LogP contribution in [0.2, 0.25) is 0 Å². The number of thiophene rings is 1. The van der Waals surface area contributed by atoms with Crippen molar-refractivity contribution in [3.05, 3.63) is 52.5 Å². The van der Waals surface area contributed by atoms with Gasteiger partial charge in [-0.3, -0.25) is 14.6 Å². The van der Waals surface area contributed by atoms with E-state index in [0.717, 1.165) is 17.0 Å². The monoisotopic (exact) mass is 371 g/mol. The summed E-state index contributed by atoms with van der Waals surface area (Å²) < 4.78 is 5.81. The van der Waals surface area contributed by atoms with Gasteiger partial charge in [0.15, 0.2) is 0 Å². The van der Waals surface area contributed by atoms with Crippen molar-refractivity contribution in [2.75, 3.05) is 13.2 Å². The van der Waals surface area contributed by atoms with Crippen molar-refractivity contribution >= 4 is 23.2 Å². The fraction of sp³-hybridized carbons (Fsp3) is 0.421. The van der Waals surface area contributed by atoms with Gasteiger partial charge in [-0.1, -0.05) is 12.1 Å². The van der Waals surface area contributed by atoms with Crippen LogP contribution in [0.1, 0.15) is 17.0 Å². The SMILES string of the molecule is O=C(NCc1cccs1)[C@@H]1CN(C(=O)Cc2ccccn2)[C@@H]2CCO[C@H]21. The van der Waals surface area contributed by atoms with Crippen molar-refractivity contribution in [1.29, 1.82) is 0 Å². The van der Waals surface area contributed by atoms with Crippen LogP contribution >= 0.6 is 11.3 Å². The number of fused-ring (bicyclic) bond motifs is 1. The first-order chi connectivity index (χ1) is 12.7. The van der Waals surface area contributed by atoms with E-state index in [2.05, 4.69) is 10.3 Å². The molecule has 6 nitrogen and oxygen atoms in total. The summed E-state index contributed by atoms with van der Waals surface area (Å²) in [6.45, 7) is 1.53. The Kier molecular flexibility index (Phi) is 4.99. The molecule has 2 aliphatic heterocycles. The van der Waals surface area contributed by atoms with Crippen molar-refractivity contribution in [3.63, 3.8) is 0 Å². The number of pyridine rings is 1. The van der Waals surface area contributed by atoms with Crippen LogP contribution in [0.4, 0.5) is 0 Å². The molecule has 0 saturated carbocycles. The molecule has 2 aromatic rings. The Labute approximate surface area is 156 Å². The van der Waals surface area contributed by atoms with Crippen molar-refractivity contribution < 1.29 is 14.3 Å². The second-order valence-electron chi connectivity index (χ2n) is 6.64. The van der Waals surface area contributed by atoms with E-state index in [1.807, 2.05) is 40.6 Å². The number of carbonyl (C=O) groups excluding carboxylic acids is 2. The second-order valence-corrected chi connectivity index (χ2v) is 7.67. The van der Waals surface area contributed by atoms with Crippen molar-refractivity contribution in [2.24, 2.45) is 5.92 Å². The maximum absolute atomic E-state index is 12.8. The molecule has 4 rings (SSSR count). The predicted molar refractivity (Wildman–Crippen MR) is 97.5 cm³/mol. The van der Waals surface area contributed by atoms with E-state index in [1.54, 1.807) is 17.5 Å². The number of amides is 2. The van der Waals surface area contributed by atoms with Crippen LogP contribution < -0.4 is 5.32 Å². The molecule has 7 heteroatoms. The minimum Gasteiger partial charge on any atom is -0.375 e. The summed E-state index contributed by atoms with van der Waals surface area (Å²) in [5, 5.41) is 4.98. The topological polar surface area (TPSA) is 71.5 Å². The predicted octanol–water partition coefficient (Wildman–Crippen LogP) is 1.62. The molecule has 0 aliphatic carbocycles. The third-order valence-corrected chi connectivity index (χ3v) is 5.90. The quantitative estimate of drug-likeness (QED) is 0.867. The van der Waals surface area contributed by atoms with Gasteiger partial charge in [-0.2, -0.15) is 0 Å². The van der Waals surface area contributed by atoms with E-state index < -0.39 is 0 Å². The van der Waals surface area contributed by atoms with Crippen LogP contribution in [-0.2, 0) is 27.3 Å². The second kappa shape index (κ2) is 7.55. The Morgan fingerprint density at radius 1 is 1.31 bits per heavy atom. The van der Waals surface area contributed by atoms with Gasteiger partial charge in [-0.25, -0.2) is 0 Å². The fourth-order valence-corrected chi connectivity index (χ4v) is 4.41. The maximum Gasteiger partial charge on any atom is 0.228 e. The zero-order chi connectivity index (χ0) is 17.9. The lowest BCUT2D eigenvalue weighted by molar-refractivity contribution is -0.131. The summed E-state index contributed by atoms with van der Waals surface area (Å²) in [6, 6.07) is 9.51. The molecule has 2 amide bonds. The minimum absolute atomic E-state index is 0.0105. The Balaban J connectivity index is 1.41. The van der Waals surface area contributed by atoms with Crippen molar-refractivity contribution in [1.82, 2.24) is 15.2 Å². The van der Waals surface area contributed by atoms with Gasteiger partial charge >= 0.3 is 0 Å². The summed E-state index contributed by atoms with van der Waals surface area (Å²) in [5.74, 6) is -0.337. The first-order valence-corrected chi connectivity index (χ1v) is 9.71. The molecule has 2 saturated heterocycles. The van der Waals surface area contributed by atoms with Gasteiger partial charge < -0.3 is 15.0 Å². The van der Waals surface area contributed by atoms with E-state index in [1.165, 1.54) is 0 Å². The van der Waals surface area contributed by atoms with Crippen molar-refractivity contribution in [3.8, 4) is 0 Å². The van der Waals surface area contributed by atoms with Crippen LogP contribution in [0, 0.1) is 5.92 Å². The standard InChI is InChI=1S/C19H21N3O3S/c23-17(10-13-4-1-2-7-20-13)22-12-15(18-16(22)6-8-25-18)19(24)21-11-14-5-3-9-26-14/h1-5,7,9,15-16,18H,6,8,10-12H2,(H,21,24)/t15-,16-,18+/m1/s1. The van der Waals surface area contributed by atoms with E-state index in [0.29, 0.717) is 19.7 Å². The van der Waals surface area contributed by atoms with Crippen LogP contribution in [0.5, 0.6) is 0 Å². The molecule has 4 heterocycles. The van der Waals surface area contributed by atoms with Gasteiger partial charge in [-0.05, 0) is 30.0 Å². The molecule has 2 fully saturated rings. The highest BCUT2D eigenvalue weighted by atomic mass is 32.1. The highest BCUT2D eigenvalue weighted by Gasteiger charge is 2.50. The first kappa shape index (κ1) is 17.2. The first-order valence-electron chi connectivity index (χ1n) is 8.83. The largest absolute Gasteiger partial charge is 0.375 e. The van der Waals surface area contributed by atoms with Gasteiger partial charge in [0.2, 0.25) is 11.8 Å². The lowest BCUT2D eigenvalue weighted by Gasteiger charge is -2.22. The molecular weight excluding hydrogens is 350 g/mol. The summed E-state index contributed by atoms with van der Waals surface area (Å²) in [7, 11) is 0. The van der Waals surface area contributed by atoms with Gasteiger partial charge in [0.05, 0.1) is 31.0 Å². The molecule has 2 aliphatic rings. The van der Waals surface area contributed by atoms with E-state index in [4.69, 9.17) is 4.74 Å². The Morgan fingerprint density at radius 2 is 2.23 bits per heavy atom. The molecule has 2 aromatic heterocycles. The summed E-state index contributed by atoms with van der Waals surface area (Å²) in [6.07, 6.45) is 2.53. The van der Waals surface area contributed by atoms with E-state index in [-0.39, 0.29) is 36.3 Å². The molecule has 0 radical (unpaired) electrons.